The van der Waals surface area contributed by atoms with Crippen molar-refractivity contribution in [2.24, 2.45) is 0 Å². The van der Waals surface area contributed by atoms with E-state index >= 15 is 0 Å². The fourth-order valence-corrected chi connectivity index (χ4v) is 2.42. The second-order valence-corrected chi connectivity index (χ2v) is 5.39. The first kappa shape index (κ1) is 15.8. The molecule has 0 aromatic heterocycles. The molecule has 1 atom stereocenters. The van der Waals surface area contributed by atoms with Crippen molar-refractivity contribution in [1.82, 2.24) is 0 Å². The molecule has 1 rings (SSSR count). The Balaban J connectivity index is 2.51. The lowest BCUT2D eigenvalue weighted by atomic mass is 9.93. The number of unbranched alkanes of at least 4 members (excludes halogenated alkanes) is 4. The summed E-state index contributed by atoms with van der Waals surface area (Å²) in [5, 5.41) is 0. The highest BCUT2D eigenvalue weighted by molar-refractivity contribution is 5.29. The molecule has 1 aromatic carbocycles. The number of hydrogen-bond acceptors (Lipinski definition) is 0. The number of hydrogen-bond donors (Lipinski definition) is 0. The summed E-state index contributed by atoms with van der Waals surface area (Å²) in [6.45, 7) is 4.46. The highest BCUT2D eigenvalue weighted by Crippen LogP contribution is 2.22. The van der Waals surface area contributed by atoms with Gasteiger partial charge in [0, 0.05) is 5.92 Å². The zero-order valence-electron chi connectivity index (χ0n) is 12.5. The Morgan fingerprint density at radius 3 is 2.16 bits per heavy atom. The highest BCUT2D eigenvalue weighted by atomic mass is 14.1. The summed E-state index contributed by atoms with van der Waals surface area (Å²) in [5.41, 5.74) is 2.68. The minimum atomic E-state index is 0.191. The maximum Gasteiger partial charge on any atom is 0.0462 e. The largest absolute Gasteiger partial charge is 0.0809 e. The van der Waals surface area contributed by atoms with Gasteiger partial charge in [0.05, 0.1) is 0 Å². The third-order valence-electron chi connectivity index (χ3n) is 3.72. The van der Waals surface area contributed by atoms with E-state index in [0.29, 0.717) is 0 Å². The van der Waals surface area contributed by atoms with Crippen LogP contribution in [0.1, 0.15) is 75.8 Å². The summed E-state index contributed by atoms with van der Waals surface area (Å²) in [6, 6.07) is 8.85. The molecular weight excluding hydrogens is 228 g/mol. The van der Waals surface area contributed by atoms with Gasteiger partial charge in [-0.1, -0.05) is 76.1 Å². The lowest BCUT2D eigenvalue weighted by Crippen LogP contribution is -1.96. The van der Waals surface area contributed by atoms with Crippen LogP contribution in [0.3, 0.4) is 0 Å². The van der Waals surface area contributed by atoms with Crippen LogP contribution >= 0.6 is 0 Å². The van der Waals surface area contributed by atoms with Gasteiger partial charge < -0.3 is 0 Å². The minimum absolute atomic E-state index is 0.191. The number of rotatable bonds is 9. The molecule has 1 radical (unpaired) electrons. The van der Waals surface area contributed by atoms with E-state index in [2.05, 4.69) is 44.0 Å². The third-order valence-corrected chi connectivity index (χ3v) is 3.72. The molecule has 0 spiro atoms. The van der Waals surface area contributed by atoms with E-state index in [1.165, 1.54) is 56.1 Å². The summed E-state index contributed by atoms with van der Waals surface area (Å²) in [5.74, 6) is 2.89. The number of benzene rings is 1. The molecule has 0 N–H and O–H groups in total. The van der Waals surface area contributed by atoms with Crippen molar-refractivity contribution < 1.29 is 0 Å². The SMILES string of the molecule is [C]#CC(CCCCC)c1ccc(CCCCC)cc1. The summed E-state index contributed by atoms with van der Waals surface area (Å²) >= 11 is 0. The molecule has 0 amide bonds. The molecule has 0 aliphatic heterocycles. The molecular formula is C19H27. The van der Waals surface area contributed by atoms with Crippen LogP contribution in [0.15, 0.2) is 24.3 Å². The Labute approximate surface area is 119 Å². The van der Waals surface area contributed by atoms with E-state index in [9.17, 15) is 0 Å². The summed E-state index contributed by atoms with van der Waals surface area (Å²) in [7, 11) is 0. The van der Waals surface area contributed by atoms with Gasteiger partial charge in [0.15, 0.2) is 0 Å². The first-order valence-corrected chi connectivity index (χ1v) is 7.82. The maximum absolute atomic E-state index is 7.47. The average Bonchev–Trinajstić information content (AvgIpc) is 2.45. The van der Waals surface area contributed by atoms with Crippen LogP contribution in [0, 0.1) is 12.3 Å². The van der Waals surface area contributed by atoms with E-state index in [1.807, 2.05) is 0 Å². The van der Waals surface area contributed by atoms with Gasteiger partial charge in [-0.25, -0.2) is 0 Å². The molecule has 1 aromatic rings. The summed E-state index contributed by atoms with van der Waals surface area (Å²) < 4.78 is 0. The van der Waals surface area contributed by atoms with Gasteiger partial charge >= 0.3 is 0 Å². The van der Waals surface area contributed by atoms with Gasteiger partial charge in [0.25, 0.3) is 0 Å². The van der Waals surface area contributed by atoms with Crippen molar-refractivity contribution in [3.63, 3.8) is 0 Å². The molecule has 0 saturated heterocycles. The van der Waals surface area contributed by atoms with E-state index in [1.54, 1.807) is 0 Å². The normalized spacial score (nSPS) is 12.1. The lowest BCUT2D eigenvalue weighted by molar-refractivity contribution is 0.637. The summed E-state index contributed by atoms with van der Waals surface area (Å²) in [6.07, 6.45) is 17.3. The van der Waals surface area contributed by atoms with E-state index in [4.69, 9.17) is 6.42 Å². The fourth-order valence-electron chi connectivity index (χ4n) is 2.42. The Hall–Kier alpha value is -1.22. The van der Waals surface area contributed by atoms with Crippen LogP contribution < -0.4 is 0 Å². The zero-order chi connectivity index (χ0) is 13.9. The van der Waals surface area contributed by atoms with Crippen molar-refractivity contribution in [3.05, 3.63) is 41.8 Å². The van der Waals surface area contributed by atoms with Crippen LogP contribution in [-0.2, 0) is 6.42 Å². The Kier molecular flexibility index (Phi) is 8.07. The summed E-state index contributed by atoms with van der Waals surface area (Å²) in [4.78, 5) is 0. The maximum atomic E-state index is 7.47. The quantitative estimate of drug-likeness (QED) is 0.394. The first-order valence-electron chi connectivity index (χ1n) is 7.82. The van der Waals surface area contributed by atoms with Gasteiger partial charge in [0.1, 0.15) is 0 Å². The molecule has 0 bridgehead atoms. The van der Waals surface area contributed by atoms with E-state index in [-0.39, 0.29) is 5.92 Å². The molecule has 0 heteroatoms. The highest BCUT2D eigenvalue weighted by Gasteiger charge is 2.07. The van der Waals surface area contributed by atoms with Crippen molar-refractivity contribution in [1.29, 1.82) is 0 Å². The predicted octanol–water partition coefficient (Wildman–Crippen LogP) is 5.67. The van der Waals surface area contributed by atoms with Gasteiger partial charge in [-0.15, -0.1) is 0 Å². The predicted molar refractivity (Wildman–Crippen MR) is 83.7 cm³/mol. The Bertz CT molecular complexity index is 366. The standard InChI is InChI=1S/C19H27/c1-4-7-9-11-17-13-15-19(16-14-17)18(6-3)12-10-8-5-2/h13-16,18H,4-5,7-12H2,1-2H3. The van der Waals surface area contributed by atoms with Gasteiger partial charge in [-0.3, -0.25) is 0 Å². The van der Waals surface area contributed by atoms with E-state index < -0.39 is 0 Å². The number of aryl methyl sites for hydroxylation is 1. The van der Waals surface area contributed by atoms with E-state index in [0.717, 1.165) is 6.42 Å². The zero-order valence-corrected chi connectivity index (χ0v) is 12.5. The smallest absolute Gasteiger partial charge is 0.0462 e. The van der Waals surface area contributed by atoms with Crippen molar-refractivity contribution >= 4 is 0 Å². The molecule has 0 saturated carbocycles. The van der Waals surface area contributed by atoms with Crippen LogP contribution in [0.25, 0.3) is 0 Å². The van der Waals surface area contributed by atoms with Crippen LogP contribution in [-0.4, -0.2) is 0 Å². The second-order valence-electron chi connectivity index (χ2n) is 5.39. The van der Waals surface area contributed by atoms with Crippen LogP contribution in [0.2, 0.25) is 0 Å². The second kappa shape index (κ2) is 9.68. The van der Waals surface area contributed by atoms with Crippen molar-refractivity contribution in [2.75, 3.05) is 0 Å². The van der Waals surface area contributed by atoms with Gasteiger partial charge in [-0.05, 0) is 36.8 Å². The minimum Gasteiger partial charge on any atom is -0.0809 e. The molecule has 0 nitrogen and oxygen atoms in total. The lowest BCUT2D eigenvalue weighted by Gasteiger charge is -2.11. The molecule has 103 valence electrons. The molecule has 0 aliphatic carbocycles. The third kappa shape index (κ3) is 5.97. The first-order chi connectivity index (χ1) is 9.31. The van der Waals surface area contributed by atoms with Crippen molar-refractivity contribution in [2.45, 2.75) is 71.1 Å². The van der Waals surface area contributed by atoms with Gasteiger partial charge in [0.2, 0.25) is 0 Å². The molecule has 0 fully saturated rings. The van der Waals surface area contributed by atoms with Crippen molar-refractivity contribution in [3.8, 4) is 5.92 Å². The monoisotopic (exact) mass is 255 g/mol. The van der Waals surface area contributed by atoms with Gasteiger partial charge in [-0.2, -0.15) is 0 Å². The van der Waals surface area contributed by atoms with Crippen LogP contribution in [0.5, 0.6) is 0 Å². The Morgan fingerprint density at radius 1 is 0.947 bits per heavy atom. The molecule has 19 heavy (non-hydrogen) atoms. The van der Waals surface area contributed by atoms with Crippen LogP contribution in [0.4, 0.5) is 0 Å². The fraction of sp³-hybridized carbons (Fsp3) is 0.579. The Morgan fingerprint density at radius 2 is 1.58 bits per heavy atom. The average molecular weight is 255 g/mol. The topological polar surface area (TPSA) is 0 Å². The molecule has 1 unspecified atom stereocenters. The molecule has 0 aliphatic rings. The molecule has 0 heterocycles.